The van der Waals surface area contributed by atoms with Gasteiger partial charge in [-0.3, -0.25) is 4.79 Å². The number of carbonyl (C=O) groups is 1. The average Bonchev–Trinajstić information content (AvgIpc) is 3.07. The molecule has 0 unspecified atom stereocenters. The molecule has 0 saturated heterocycles. The number of hydrogen-bond donors (Lipinski definition) is 1. The molecule has 0 spiro atoms. The van der Waals surface area contributed by atoms with E-state index in [9.17, 15) is 4.79 Å². The maximum Gasteiger partial charge on any atom is 0.220 e. The second-order valence-corrected chi connectivity index (χ2v) is 6.47. The van der Waals surface area contributed by atoms with Gasteiger partial charge in [0.25, 0.3) is 0 Å². The zero-order valence-corrected chi connectivity index (χ0v) is 14.7. The number of ether oxygens (including phenoxy) is 1. The van der Waals surface area contributed by atoms with E-state index in [1.54, 1.807) is 18.4 Å². The van der Waals surface area contributed by atoms with Crippen LogP contribution in [-0.2, 0) is 11.2 Å². The summed E-state index contributed by atoms with van der Waals surface area (Å²) >= 11 is 1.67. The molecular weight excluding hydrogens is 308 g/mol. The van der Waals surface area contributed by atoms with Crippen LogP contribution in [0.25, 0.3) is 0 Å². The fourth-order valence-corrected chi connectivity index (χ4v) is 3.12. The molecule has 0 radical (unpaired) electrons. The number of methoxy groups -OCH3 is 1. The molecule has 5 heteroatoms. The van der Waals surface area contributed by atoms with Crippen molar-refractivity contribution in [1.29, 1.82) is 0 Å². The molecule has 0 aliphatic heterocycles. The molecule has 0 saturated carbocycles. The molecule has 0 aliphatic carbocycles. The van der Waals surface area contributed by atoms with Crippen molar-refractivity contribution in [2.75, 3.05) is 27.7 Å². The van der Waals surface area contributed by atoms with Gasteiger partial charge in [0.15, 0.2) is 0 Å². The third kappa shape index (κ3) is 5.37. The van der Waals surface area contributed by atoms with Crippen molar-refractivity contribution < 1.29 is 9.53 Å². The zero-order valence-electron chi connectivity index (χ0n) is 13.9. The molecule has 1 atom stereocenters. The Morgan fingerprint density at radius 1 is 1.26 bits per heavy atom. The van der Waals surface area contributed by atoms with Crippen molar-refractivity contribution in [2.45, 2.75) is 18.9 Å². The van der Waals surface area contributed by atoms with Crippen LogP contribution < -0.4 is 10.1 Å². The van der Waals surface area contributed by atoms with E-state index in [4.69, 9.17) is 4.74 Å². The van der Waals surface area contributed by atoms with Crippen LogP contribution in [0.1, 0.15) is 23.6 Å². The first-order valence-electron chi connectivity index (χ1n) is 7.68. The van der Waals surface area contributed by atoms with Crippen molar-refractivity contribution in [3.05, 3.63) is 52.2 Å². The van der Waals surface area contributed by atoms with Gasteiger partial charge < -0.3 is 15.0 Å². The van der Waals surface area contributed by atoms with Crippen LogP contribution in [0.3, 0.4) is 0 Å². The molecule has 1 aromatic carbocycles. The van der Waals surface area contributed by atoms with Crippen LogP contribution >= 0.6 is 11.3 Å². The molecule has 2 rings (SSSR count). The molecule has 23 heavy (non-hydrogen) atoms. The molecule has 1 amide bonds. The minimum absolute atomic E-state index is 0.0940. The summed E-state index contributed by atoms with van der Waals surface area (Å²) in [4.78, 5) is 14.2. The molecule has 124 valence electrons. The summed E-state index contributed by atoms with van der Waals surface area (Å²) in [6.45, 7) is 0.599. The minimum Gasteiger partial charge on any atom is -0.497 e. The van der Waals surface area contributed by atoms with Crippen molar-refractivity contribution >= 4 is 17.2 Å². The Labute approximate surface area is 142 Å². The predicted octanol–water partition coefficient (Wildman–Crippen LogP) is 3.11. The summed E-state index contributed by atoms with van der Waals surface area (Å²) in [5.74, 6) is 0.933. The highest BCUT2D eigenvalue weighted by Gasteiger charge is 2.15. The lowest BCUT2D eigenvalue weighted by Gasteiger charge is -2.25. The highest BCUT2D eigenvalue weighted by atomic mass is 32.1. The third-order valence-corrected chi connectivity index (χ3v) is 4.57. The van der Waals surface area contributed by atoms with E-state index in [0.717, 1.165) is 17.7 Å². The van der Waals surface area contributed by atoms with Gasteiger partial charge in [-0.25, -0.2) is 0 Å². The molecule has 0 bridgehead atoms. The largest absolute Gasteiger partial charge is 0.497 e. The van der Waals surface area contributed by atoms with E-state index in [1.807, 2.05) is 43.7 Å². The van der Waals surface area contributed by atoms with Gasteiger partial charge in [0.2, 0.25) is 5.91 Å². The number of likely N-dealkylation sites (N-methyl/N-ethyl adjacent to an activating group) is 1. The maximum absolute atomic E-state index is 12.1. The highest BCUT2D eigenvalue weighted by Crippen LogP contribution is 2.20. The van der Waals surface area contributed by atoms with Crippen LogP contribution in [0.4, 0.5) is 0 Å². The first-order chi connectivity index (χ1) is 11.1. The van der Waals surface area contributed by atoms with Gasteiger partial charge in [-0.1, -0.05) is 12.1 Å². The number of amides is 1. The van der Waals surface area contributed by atoms with Gasteiger partial charge in [0, 0.05) is 13.0 Å². The second kappa shape index (κ2) is 8.70. The summed E-state index contributed by atoms with van der Waals surface area (Å²) in [7, 11) is 5.70. The summed E-state index contributed by atoms with van der Waals surface area (Å²) in [5, 5.41) is 7.18. The Kier molecular flexibility index (Phi) is 6.62. The SMILES string of the molecule is COc1ccc([C@@H](CNC(=O)CCc2ccsc2)N(C)C)cc1. The first-order valence-corrected chi connectivity index (χ1v) is 8.62. The van der Waals surface area contributed by atoms with Gasteiger partial charge in [-0.15, -0.1) is 0 Å². The lowest BCUT2D eigenvalue weighted by Crippen LogP contribution is -2.34. The number of benzene rings is 1. The van der Waals surface area contributed by atoms with Gasteiger partial charge in [-0.2, -0.15) is 11.3 Å². The molecule has 1 heterocycles. The van der Waals surface area contributed by atoms with Crippen molar-refractivity contribution in [2.24, 2.45) is 0 Å². The highest BCUT2D eigenvalue weighted by molar-refractivity contribution is 7.07. The molecule has 4 nitrogen and oxygen atoms in total. The normalized spacial score (nSPS) is 12.2. The number of thiophene rings is 1. The number of hydrogen-bond acceptors (Lipinski definition) is 4. The quantitative estimate of drug-likeness (QED) is 0.807. The van der Waals surface area contributed by atoms with Gasteiger partial charge >= 0.3 is 0 Å². The lowest BCUT2D eigenvalue weighted by atomic mass is 10.1. The Balaban J connectivity index is 1.87. The Hall–Kier alpha value is -1.85. The molecular formula is C18H24N2O2S. The maximum atomic E-state index is 12.1. The van der Waals surface area contributed by atoms with Crippen LogP contribution in [0.5, 0.6) is 5.75 Å². The fourth-order valence-electron chi connectivity index (χ4n) is 2.42. The van der Waals surface area contributed by atoms with Crippen LogP contribution in [-0.4, -0.2) is 38.6 Å². The van der Waals surface area contributed by atoms with Crippen LogP contribution in [0, 0.1) is 0 Å². The lowest BCUT2D eigenvalue weighted by molar-refractivity contribution is -0.121. The first kappa shape index (κ1) is 17.5. The van der Waals surface area contributed by atoms with Crippen molar-refractivity contribution in [1.82, 2.24) is 10.2 Å². The second-order valence-electron chi connectivity index (χ2n) is 5.69. The standard InChI is InChI=1S/C18H24N2O2S/c1-20(2)17(15-5-7-16(22-3)8-6-15)12-19-18(21)9-4-14-10-11-23-13-14/h5-8,10-11,13,17H,4,9,12H2,1-3H3,(H,19,21)/t17-/m1/s1. The van der Waals surface area contributed by atoms with Gasteiger partial charge in [-0.05, 0) is 60.6 Å². The monoisotopic (exact) mass is 332 g/mol. The van der Waals surface area contributed by atoms with Gasteiger partial charge in [0.05, 0.1) is 13.2 Å². The predicted molar refractivity (Wildman–Crippen MR) is 95.1 cm³/mol. The topological polar surface area (TPSA) is 41.6 Å². The van der Waals surface area contributed by atoms with Crippen molar-refractivity contribution in [3.63, 3.8) is 0 Å². The number of rotatable bonds is 8. The van der Waals surface area contributed by atoms with Gasteiger partial charge in [0.1, 0.15) is 5.75 Å². The average molecular weight is 332 g/mol. The van der Waals surface area contributed by atoms with E-state index in [2.05, 4.69) is 21.7 Å². The van der Waals surface area contributed by atoms with Crippen molar-refractivity contribution in [3.8, 4) is 5.75 Å². The summed E-state index contributed by atoms with van der Waals surface area (Å²) in [6.07, 6.45) is 1.32. The van der Waals surface area contributed by atoms with E-state index < -0.39 is 0 Å². The summed E-state index contributed by atoms with van der Waals surface area (Å²) < 4.78 is 5.19. The fraction of sp³-hybridized carbons (Fsp3) is 0.389. The summed E-state index contributed by atoms with van der Waals surface area (Å²) in [5.41, 5.74) is 2.39. The molecule has 2 aromatic rings. The van der Waals surface area contributed by atoms with Crippen LogP contribution in [0.2, 0.25) is 0 Å². The Bertz CT molecular complexity index is 594. The number of nitrogens with one attached hydrogen (secondary N) is 1. The number of carbonyl (C=O) groups excluding carboxylic acids is 1. The molecule has 1 aromatic heterocycles. The van der Waals surface area contributed by atoms with E-state index in [1.165, 1.54) is 5.56 Å². The number of nitrogens with zero attached hydrogens (tertiary/aromatic N) is 1. The Morgan fingerprint density at radius 3 is 2.57 bits per heavy atom. The number of aryl methyl sites for hydroxylation is 1. The molecule has 1 N–H and O–H groups in total. The minimum atomic E-state index is 0.0940. The third-order valence-electron chi connectivity index (χ3n) is 3.84. The zero-order chi connectivity index (χ0) is 16.7. The van der Waals surface area contributed by atoms with E-state index >= 15 is 0 Å². The Morgan fingerprint density at radius 2 is 2.00 bits per heavy atom. The molecule has 0 aliphatic rings. The summed E-state index contributed by atoms with van der Waals surface area (Å²) in [6, 6.07) is 10.2. The van der Waals surface area contributed by atoms with E-state index in [0.29, 0.717) is 13.0 Å². The molecule has 0 fully saturated rings. The van der Waals surface area contributed by atoms with Crippen LogP contribution in [0.15, 0.2) is 41.1 Å². The van der Waals surface area contributed by atoms with E-state index in [-0.39, 0.29) is 11.9 Å². The smallest absolute Gasteiger partial charge is 0.220 e.